The zero-order valence-corrected chi connectivity index (χ0v) is 11.5. The van der Waals surface area contributed by atoms with Gasteiger partial charge in [-0.3, -0.25) is 9.00 Å². The lowest BCUT2D eigenvalue weighted by atomic mass is 9.95. The molecule has 1 rings (SSSR count). The average molecular weight is 260 g/mol. The Morgan fingerprint density at radius 3 is 2.65 bits per heavy atom. The molecule has 1 unspecified atom stereocenters. The van der Waals surface area contributed by atoms with Gasteiger partial charge in [0, 0.05) is 28.9 Å². The molecule has 17 heavy (non-hydrogen) atoms. The van der Waals surface area contributed by atoms with Crippen LogP contribution >= 0.6 is 0 Å². The molecule has 0 aromatic carbocycles. The molecule has 1 atom stereocenters. The second kappa shape index (κ2) is 8.64. The van der Waals surface area contributed by atoms with Crippen LogP contribution in [0.15, 0.2) is 0 Å². The minimum Gasteiger partial charge on any atom is -0.352 e. The number of hydrogen-bond acceptors (Lipinski definition) is 3. The first-order valence-electron chi connectivity index (χ1n) is 6.48. The van der Waals surface area contributed by atoms with Crippen molar-refractivity contribution in [2.24, 2.45) is 0 Å². The second-order valence-electron chi connectivity index (χ2n) is 4.71. The molecule has 2 N–H and O–H groups in total. The van der Waals surface area contributed by atoms with Gasteiger partial charge in [0.25, 0.3) is 0 Å². The maximum atomic E-state index is 11.6. The molecule has 5 heteroatoms. The summed E-state index contributed by atoms with van der Waals surface area (Å²) in [4.78, 5) is 11.6. The van der Waals surface area contributed by atoms with Crippen molar-refractivity contribution in [3.8, 4) is 0 Å². The monoisotopic (exact) mass is 260 g/mol. The maximum Gasteiger partial charge on any atom is 0.234 e. The molecule has 1 saturated carbocycles. The summed E-state index contributed by atoms with van der Waals surface area (Å²) in [5, 5.41) is 6.14. The Hall–Kier alpha value is -0.420. The quantitative estimate of drug-likeness (QED) is 0.666. The normalized spacial score (nSPS) is 18.9. The van der Waals surface area contributed by atoms with Crippen LogP contribution in [0.3, 0.4) is 0 Å². The van der Waals surface area contributed by atoms with E-state index in [0.717, 1.165) is 25.8 Å². The van der Waals surface area contributed by atoms with Crippen molar-refractivity contribution in [1.29, 1.82) is 0 Å². The highest BCUT2D eigenvalue weighted by atomic mass is 32.2. The first-order chi connectivity index (χ1) is 8.18. The predicted molar refractivity (Wildman–Crippen MR) is 71.4 cm³/mol. The second-order valence-corrected chi connectivity index (χ2v) is 6.26. The van der Waals surface area contributed by atoms with E-state index in [1.807, 2.05) is 0 Å². The van der Waals surface area contributed by atoms with Gasteiger partial charge in [-0.05, 0) is 25.8 Å². The summed E-state index contributed by atoms with van der Waals surface area (Å²) in [6.07, 6.45) is 8.59. The van der Waals surface area contributed by atoms with Crippen molar-refractivity contribution < 1.29 is 9.00 Å². The molecule has 1 aliphatic rings. The summed E-state index contributed by atoms with van der Waals surface area (Å²) in [5.74, 6) is 0.798. The maximum absolute atomic E-state index is 11.6. The van der Waals surface area contributed by atoms with Gasteiger partial charge < -0.3 is 10.6 Å². The fourth-order valence-electron chi connectivity index (χ4n) is 2.13. The molecule has 0 heterocycles. The van der Waals surface area contributed by atoms with Crippen LogP contribution in [0.1, 0.15) is 38.5 Å². The van der Waals surface area contributed by atoms with Gasteiger partial charge in [0.2, 0.25) is 5.91 Å². The number of carbonyl (C=O) groups is 1. The third kappa shape index (κ3) is 7.49. The number of amides is 1. The van der Waals surface area contributed by atoms with Crippen LogP contribution in [0.25, 0.3) is 0 Å². The molecule has 4 nitrogen and oxygen atoms in total. The molecule has 1 aliphatic carbocycles. The number of carbonyl (C=O) groups excluding carboxylic acids is 1. The van der Waals surface area contributed by atoms with E-state index < -0.39 is 10.8 Å². The van der Waals surface area contributed by atoms with Crippen molar-refractivity contribution >= 4 is 16.7 Å². The zero-order chi connectivity index (χ0) is 12.5. The minimum absolute atomic E-state index is 0.0921. The van der Waals surface area contributed by atoms with Gasteiger partial charge in [-0.1, -0.05) is 19.3 Å². The van der Waals surface area contributed by atoms with E-state index in [1.54, 1.807) is 6.26 Å². The number of nitrogens with one attached hydrogen (secondary N) is 2. The lowest BCUT2D eigenvalue weighted by Gasteiger charge is -2.22. The Labute approximate surface area is 106 Å². The van der Waals surface area contributed by atoms with Crippen LogP contribution in [0.2, 0.25) is 0 Å². The third-order valence-electron chi connectivity index (χ3n) is 3.04. The summed E-state index contributed by atoms with van der Waals surface area (Å²) in [5.41, 5.74) is 0. The van der Waals surface area contributed by atoms with Gasteiger partial charge >= 0.3 is 0 Å². The van der Waals surface area contributed by atoms with Gasteiger partial charge in [-0.25, -0.2) is 0 Å². The Bertz CT molecular complexity index is 253. The van der Waals surface area contributed by atoms with E-state index >= 15 is 0 Å². The molecular formula is C12H24N2O2S. The Morgan fingerprint density at radius 2 is 2.00 bits per heavy atom. The summed E-state index contributed by atoms with van der Waals surface area (Å²) in [7, 11) is -0.726. The van der Waals surface area contributed by atoms with Gasteiger partial charge in [0.15, 0.2) is 0 Å². The van der Waals surface area contributed by atoms with Gasteiger partial charge in [-0.2, -0.15) is 0 Å². The largest absolute Gasteiger partial charge is 0.352 e. The lowest BCUT2D eigenvalue weighted by molar-refractivity contribution is -0.121. The topological polar surface area (TPSA) is 58.2 Å². The molecule has 0 bridgehead atoms. The van der Waals surface area contributed by atoms with E-state index in [-0.39, 0.29) is 5.91 Å². The molecule has 0 aliphatic heterocycles. The van der Waals surface area contributed by atoms with Crippen LogP contribution in [0.5, 0.6) is 0 Å². The van der Waals surface area contributed by atoms with E-state index in [9.17, 15) is 9.00 Å². The van der Waals surface area contributed by atoms with Crippen molar-refractivity contribution in [2.75, 3.05) is 25.1 Å². The highest BCUT2D eigenvalue weighted by molar-refractivity contribution is 7.84. The van der Waals surface area contributed by atoms with E-state index in [0.29, 0.717) is 18.3 Å². The molecule has 0 aromatic rings. The predicted octanol–water partition coefficient (Wildman–Crippen LogP) is 0.793. The minimum atomic E-state index is -0.726. The summed E-state index contributed by atoms with van der Waals surface area (Å²) < 4.78 is 10.8. The fraction of sp³-hybridized carbons (Fsp3) is 0.917. The van der Waals surface area contributed by atoms with Crippen LogP contribution in [-0.4, -0.2) is 41.3 Å². The summed E-state index contributed by atoms with van der Waals surface area (Å²) in [6, 6.07) is 0.390. The highest BCUT2D eigenvalue weighted by Crippen LogP contribution is 2.16. The van der Waals surface area contributed by atoms with E-state index in [2.05, 4.69) is 10.6 Å². The van der Waals surface area contributed by atoms with Crippen molar-refractivity contribution in [3.63, 3.8) is 0 Å². The Balaban J connectivity index is 1.98. The van der Waals surface area contributed by atoms with Gasteiger partial charge in [0.05, 0.1) is 6.54 Å². The molecule has 1 amide bonds. The van der Waals surface area contributed by atoms with Gasteiger partial charge in [-0.15, -0.1) is 0 Å². The molecule has 0 spiro atoms. The smallest absolute Gasteiger partial charge is 0.234 e. The van der Waals surface area contributed by atoms with Crippen LogP contribution in [0, 0.1) is 0 Å². The average Bonchev–Trinajstić information content (AvgIpc) is 2.29. The van der Waals surface area contributed by atoms with Crippen molar-refractivity contribution in [1.82, 2.24) is 10.6 Å². The standard InChI is InChI=1S/C12H24N2O2S/c1-17(16)9-5-8-13-10-12(15)14-11-6-3-2-4-7-11/h11,13H,2-10H2,1H3,(H,14,15). The molecule has 0 radical (unpaired) electrons. The van der Waals surface area contributed by atoms with E-state index in [4.69, 9.17) is 0 Å². The first-order valence-corrected chi connectivity index (χ1v) is 8.21. The number of rotatable bonds is 7. The molecular weight excluding hydrogens is 236 g/mol. The van der Waals surface area contributed by atoms with Crippen LogP contribution in [0.4, 0.5) is 0 Å². The van der Waals surface area contributed by atoms with Crippen molar-refractivity contribution in [2.45, 2.75) is 44.6 Å². The third-order valence-corrected chi connectivity index (χ3v) is 3.90. The highest BCUT2D eigenvalue weighted by Gasteiger charge is 2.14. The summed E-state index contributed by atoms with van der Waals surface area (Å²) >= 11 is 0. The van der Waals surface area contributed by atoms with Gasteiger partial charge in [0.1, 0.15) is 0 Å². The fourth-order valence-corrected chi connectivity index (χ4v) is 2.68. The Morgan fingerprint density at radius 1 is 1.29 bits per heavy atom. The Kier molecular flexibility index (Phi) is 7.44. The lowest BCUT2D eigenvalue weighted by Crippen LogP contribution is -2.41. The molecule has 1 fully saturated rings. The van der Waals surface area contributed by atoms with Crippen molar-refractivity contribution in [3.05, 3.63) is 0 Å². The first kappa shape index (κ1) is 14.6. The SMILES string of the molecule is CS(=O)CCCNCC(=O)NC1CCCCC1. The van der Waals surface area contributed by atoms with E-state index in [1.165, 1.54) is 19.3 Å². The summed E-state index contributed by atoms with van der Waals surface area (Å²) in [6.45, 7) is 1.14. The van der Waals surface area contributed by atoms with Crippen LogP contribution in [-0.2, 0) is 15.6 Å². The zero-order valence-electron chi connectivity index (χ0n) is 10.7. The number of hydrogen-bond donors (Lipinski definition) is 2. The molecule has 0 aromatic heterocycles. The molecule has 100 valence electrons. The molecule has 0 saturated heterocycles. The van der Waals surface area contributed by atoms with Crippen LogP contribution < -0.4 is 10.6 Å².